The van der Waals surface area contributed by atoms with Crippen molar-refractivity contribution in [2.45, 2.75) is 20.0 Å². The Morgan fingerprint density at radius 1 is 1.13 bits per heavy atom. The maximum atomic E-state index is 12.4. The highest BCUT2D eigenvalue weighted by atomic mass is 16.5. The van der Waals surface area contributed by atoms with Gasteiger partial charge >= 0.3 is 0 Å². The molecule has 0 aromatic heterocycles. The standard InChI is InChI=1S/C19H24N2O2/c1-14-9-10-15(11-18(14)23-4)19(22)20-12-16-7-5-6-8-17(16)13-21(2)3/h5-11H,12-13H2,1-4H3,(H,20,22). The van der Waals surface area contributed by atoms with Gasteiger partial charge in [-0.25, -0.2) is 0 Å². The molecule has 0 radical (unpaired) electrons. The molecule has 2 aromatic carbocycles. The van der Waals surface area contributed by atoms with Crippen LogP contribution in [0, 0.1) is 6.92 Å². The van der Waals surface area contributed by atoms with Gasteiger partial charge in [-0.2, -0.15) is 0 Å². The fraction of sp³-hybridized carbons (Fsp3) is 0.316. The van der Waals surface area contributed by atoms with E-state index in [2.05, 4.69) is 22.3 Å². The molecule has 0 atom stereocenters. The van der Waals surface area contributed by atoms with Crippen LogP contribution in [0.25, 0.3) is 0 Å². The van der Waals surface area contributed by atoms with Crippen molar-refractivity contribution >= 4 is 5.91 Å². The van der Waals surface area contributed by atoms with Gasteiger partial charge < -0.3 is 15.0 Å². The molecule has 0 saturated carbocycles. The van der Waals surface area contributed by atoms with Crippen LogP contribution in [0.3, 0.4) is 0 Å². The lowest BCUT2D eigenvalue weighted by Crippen LogP contribution is -2.24. The van der Waals surface area contributed by atoms with Crippen LogP contribution in [0.1, 0.15) is 27.0 Å². The molecule has 4 heteroatoms. The normalized spacial score (nSPS) is 10.7. The van der Waals surface area contributed by atoms with Crippen molar-refractivity contribution in [2.75, 3.05) is 21.2 Å². The Kier molecular flexibility index (Phi) is 5.77. The van der Waals surface area contributed by atoms with Gasteiger partial charge in [0.2, 0.25) is 0 Å². The van der Waals surface area contributed by atoms with E-state index in [1.54, 1.807) is 13.2 Å². The SMILES string of the molecule is COc1cc(C(=O)NCc2ccccc2CN(C)C)ccc1C. The third-order valence-corrected chi connectivity index (χ3v) is 3.71. The molecule has 0 fully saturated rings. The van der Waals surface area contributed by atoms with Crippen molar-refractivity contribution < 1.29 is 9.53 Å². The molecule has 0 bridgehead atoms. The molecule has 1 amide bonds. The first-order chi connectivity index (χ1) is 11.0. The molecule has 0 unspecified atom stereocenters. The quantitative estimate of drug-likeness (QED) is 0.891. The van der Waals surface area contributed by atoms with E-state index >= 15 is 0 Å². The Morgan fingerprint density at radius 3 is 2.48 bits per heavy atom. The van der Waals surface area contributed by atoms with E-state index in [4.69, 9.17) is 4.74 Å². The van der Waals surface area contributed by atoms with Crippen molar-refractivity contribution in [1.29, 1.82) is 0 Å². The van der Waals surface area contributed by atoms with Crippen LogP contribution >= 0.6 is 0 Å². The number of benzene rings is 2. The Labute approximate surface area is 138 Å². The van der Waals surface area contributed by atoms with Gasteiger partial charge in [-0.05, 0) is 49.8 Å². The lowest BCUT2D eigenvalue weighted by molar-refractivity contribution is 0.0950. The second kappa shape index (κ2) is 7.79. The van der Waals surface area contributed by atoms with Crippen molar-refractivity contribution in [2.24, 2.45) is 0 Å². The molecule has 4 nitrogen and oxygen atoms in total. The number of hydrogen-bond acceptors (Lipinski definition) is 3. The summed E-state index contributed by atoms with van der Waals surface area (Å²) in [7, 11) is 5.68. The number of amides is 1. The van der Waals surface area contributed by atoms with Gasteiger partial charge in [0.15, 0.2) is 0 Å². The highest BCUT2D eigenvalue weighted by molar-refractivity contribution is 5.94. The molecule has 0 aliphatic carbocycles. The van der Waals surface area contributed by atoms with E-state index in [-0.39, 0.29) is 5.91 Å². The topological polar surface area (TPSA) is 41.6 Å². The number of rotatable bonds is 6. The zero-order valence-electron chi connectivity index (χ0n) is 14.2. The lowest BCUT2D eigenvalue weighted by Gasteiger charge is -2.15. The summed E-state index contributed by atoms with van der Waals surface area (Å²) >= 11 is 0. The number of methoxy groups -OCH3 is 1. The van der Waals surface area contributed by atoms with Crippen molar-refractivity contribution in [3.63, 3.8) is 0 Å². The van der Waals surface area contributed by atoms with Crippen LogP contribution in [-0.4, -0.2) is 32.0 Å². The summed E-state index contributed by atoms with van der Waals surface area (Å²) in [5, 5.41) is 2.99. The maximum Gasteiger partial charge on any atom is 0.251 e. The monoisotopic (exact) mass is 312 g/mol. The first-order valence-corrected chi connectivity index (χ1v) is 7.65. The molecule has 0 spiro atoms. The predicted octanol–water partition coefficient (Wildman–Crippen LogP) is 3.00. The highest BCUT2D eigenvalue weighted by Gasteiger charge is 2.10. The average Bonchev–Trinajstić information content (AvgIpc) is 2.53. The molecule has 0 heterocycles. The maximum absolute atomic E-state index is 12.4. The smallest absolute Gasteiger partial charge is 0.251 e. The summed E-state index contributed by atoms with van der Waals surface area (Å²) in [4.78, 5) is 14.5. The predicted molar refractivity (Wildman–Crippen MR) is 92.7 cm³/mol. The minimum atomic E-state index is -0.0945. The average molecular weight is 312 g/mol. The number of carbonyl (C=O) groups excluding carboxylic acids is 1. The van der Waals surface area contributed by atoms with Gasteiger partial charge in [0.25, 0.3) is 5.91 Å². The van der Waals surface area contributed by atoms with E-state index in [1.165, 1.54) is 5.56 Å². The fourth-order valence-electron chi connectivity index (χ4n) is 2.46. The van der Waals surface area contributed by atoms with Gasteiger partial charge in [0, 0.05) is 18.7 Å². The first-order valence-electron chi connectivity index (χ1n) is 7.65. The molecule has 122 valence electrons. The third kappa shape index (κ3) is 4.57. The van der Waals surface area contributed by atoms with Crippen LogP contribution in [0.15, 0.2) is 42.5 Å². The highest BCUT2D eigenvalue weighted by Crippen LogP contribution is 2.19. The summed E-state index contributed by atoms with van der Waals surface area (Å²) in [6.07, 6.45) is 0. The summed E-state index contributed by atoms with van der Waals surface area (Å²) < 4.78 is 5.28. The largest absolute Gasteiger partial charge is 0.496 e. The summed E-state index contributed by atoms with van der Waals surface area (Å²) in [6.45, 7) is 3.32. The summed E-state index contributed by atoms with van der Waals surface area (Å²) in [5.74, 6) is 0.633. The Bertz CT molecular complexity index is 681. The van der Waals surface area contributed by atoms with Crippen LogP contribution in [0.5, 0.6) is 5.75 Å². The molecular weight excluding hydrogens is 288 g/mol. The second-order valence-electron chi connectivity index (χ2n) is 5.87. The van der Waals surface area contributed by atoms with E-state index in [0.717, 1.165) is 23.4 Å². The number of nitrogens with one attached hydrogen (secondary N) is 1. The van der Waals surface area contributed by atoms with Gasteiger partial charge in [0.05, 0.1) is 7.11 Å². The van der Waals surface area contributed by atoms with E-state index < -0.39 is 0 Å². The molecular formula is C19H24N2O2. The summed E-state index contributed by atoms with van der Waals surface area (Å²) in [6, 6.07) is 13.7. The molecule has 2 aromatic rings. The Hall–Kier alpha value is -2.33. The van der Waals surface area contributed by atoms with E-state index in [1.807, 2.05) is 45.3 Å². The number of aryl methyl sites for hydroxylation is 1. The Morgan fingerprint density at radius 2 is 1.83 bits per heavy atom. The second-order valence-corrected chi connectivity index (χ2v) is 5.87. The minimum Gasteiger partial charge on any atom is -0.496 e. The first kappa shape index (κ1) is 17.0. The molecule has 1 N–H and O–H groups in total. The zero-order valence-corrected chi connectivity index (χ0v) is 14.2. The lowest BCUT2D eigenvalue weighted by atomic mass is 10.1. The number of nitrogens with zero attached hydrogens (tertiary/aromatic N) is 1. The molecule has 2 rings (SSSR count). The minimum absolute atomic E-state index is 0.0945. The van der Waals surface area contributed by atoms with E-state index in [0.29, 0.717) is 12.1 Å². The van der Waals surface area contributed by atoms with Crippen LogP contribution in [0.4, 0.5) is 0 Å². The molecule has 0 saturated heterocycles. The number of ether oxygens (including phenoxy) is 1. The van der Waals surface area contributed by atoms with Gasteiger partial charge in [-0.3, -0.25) is 4.79 Å². The fourth-order valence-corrected chi connectivity index (χ4v) is 2.46. The molecule has 0 aliphatic heterocycles. The number of hydrogen-bond donors (Lipinski definition) is 1. The number of carbonyl (C=O) groups is 1. The van der Waals surface area contributed by atoms with Gasteiger partial charge in [0.1, 0.15) is 5.75 Å². The molecule has 23 heavy (non-hydrogen) atoms. The van der Waals surface area contributed by atoms with Gasteiger partial charge in [-0.15, -0.1) is 0 Å². The van der Waals surface area contributed by atoms with Gasteiger partial charge in [-0.1, -0.05) is 30.3 Å². The summed E-state index contributed by atoms with van der Waals surface area (Å²) in [5.41, 5.74) is 3.98. The zero-order chi connectivity index (χ0) is 16.8. The van der Waals surface area contributed by atoms with Crippen molar-refractivity contribution in [3.05, 3.63) is 64.7 Å². The third-order valence-electron chi connectivity index (χ3n) is 3.71. The van der Waals surface area contributed by atoms with Crippen molar-refractivity contribution in [1.82, 2.24) is 10.2 Å². The Balaban J connectivity index is 2.08. The van der Waals surface area contributed by atoms with E-state index in [9.17, 15) is 4.79 Å². The van der Waals surface area contributed by atoms with Crippen molar-refractivity contribution in [3.8, 4) is 5.75 Å². The van der Waals surface area contributed by atoms with Crippen LogP contribution in [0.2, 0.25) is 0 Å². The van der Waals surface area contributed by atoms with Crippen LogP contribution < -0.4 is 10.1 Å². The molecule has 0 aliphatic rings. The van der Waals surface area contributed by atoms with Crippen LogP contribution in [-0.2, 0) is 13.1 Å².